The van der Waals surface area contributed by atoms with Crippen molar-refractivity contribution in [3.05, 3.63) is 60.2 Å². The molecule has 0 spiro atoms. The third-order valence-corrected chi connectivity index (χ3v) is 4.04. The van der Waals surface area contributed by atoms with E-state index in [-0.39, 0.29) is 11.9 Å². The van der Waals surface area contributed by atoms with Gasteiger partial charge in [0, 0.05) is 16.2 Å². The molecule has 0 aliphatic heterocycles. The van der Waals surface area contributed by atoms with Crippen molar-refractivity contribution in [2.45, 2.75) is 11.3 Å². The van der Waals surface area contributed by atoms with Crippen molar-refractivity contribution in [1.82, 2.24) is 0 Å². The molecule has 0 fully saturated rings. The van der Waals surface area contributed by atoms with Gasteiger partial charge in [-0.05, 0) is 24.3 Å². The van der Waals surface area contributed by atoms with Crippen LogP contribution in [0.5, 0.6) is 0 Å². The summed E-state index contributed by atoms with van der Waals surface area (Å²) < 4.78 is 4.62. The summed E-state index contributed by atoms with van der Waals surface area (Å²) in [5.74, 6) is 0.213. The highest BCUT2D eigenvalue weighted by Crippen LogP contribution is 2.27. The van der Waals surface area contributed by atoms with E-state index >= 15 is 0 Å². The number of ether oxygens (including phenoxy) is 1. The smallest absolute Gasteiger partial charge is 0.306 e. The van der Waals surface area contributed by atoms with Gasteiger partial charge < -0.3 is 10.1 Å². The van der Waals surface area contributed by atoms with Gasteiger partial charge in [-0.25, -0.2) is 0 Å². The first-order valence-electron chi connectivity index (χ1n) is 6.86. The molecule has 0 atom stereocenters. The standard InChI is InChI=1S/C17H17NO3S/c1-21-16(19)11-12-22-15-10-6-5-9-14(15)18-17(20)13-7-3-2-4-8-13/h2-10H,11-12H2,1H3,(H,18,20). The van der Waals surface area contributed by atoms with E-state index in [1.54, 1.807) is 12.1 Å². The number of carbonyl (C=O) groups excluding carboxylic acids is 2. The molecule has 5 heteroatoms. The van der Waals surface area contributed by atoms with Crippen molar-refractivity contribution < 1.29 is 14.3 Å². The number of thioether (sulfide) groups is 1. The number of esters is 1. The highest BCUT2D eigenvalue weighted by Gasteiger charge is 2.09. The molecule has 114 valence electrons. The van der Waals surface area contributed by atoms with Crippen LogP contribution in [0.3, 0.4) is 0 Å². The monoisotopic (exact) mass is 315 g/mol. The molecule has 1 amide bonds. The Kier molecular flexibility index (Phi) is 6.03. The average Bonchev–Trinajstić information content (AvgIpc) is 2.57. The SMILES string of the molecule is COC(=O)CCSc1ccccc1NC(=O)c1ccccc1. The number of anilines is 1. The zero-order valence-electron chi connectivity index (χ0n) is 12.2. The van der Waals surface area contributed by atoms with Crippen molar-refractivity contribution in [2.75, 3.05) is 18.2 Å². The fraction of sp³-hybridized carbons (Fsp3) is 0.176. The average molecular weight is 315 g/mol. The van der Waals surface area contributed by atoms with Crippen LogP contribution < -0.4 is 5.32 Å². The van der Waals surface area contributed by atoms with Gasteiger partial charge in [0.25, 0.3) is 5.91 Å². The van der Waals surface area contributed by atoms with Crippen LogP contribution in [0.1, 0.15) is 16.8 Å². The molecule has 0 aliphatic carbocycles. The van der Waals surface area contributed by atoms with E-state index in [2.05, 4.69) is 10.1 Å². The largest absolute Gasteiger partial charge is 0.469 e. The molecule has 0 bridgehead atoms. The van der Waals surface area contributed by atoms with Gasteiger partial charge >= 0.3 is 5.97 Å². The third-order valence-electron chi connectivity index (χ3n) is 2.96. The zero-order chi connectivity index (χ0) is 15.8. The molecule has 0 saturated carbocycles. The zero-order valence-corrected chi connectivity index (χ0v) is 13.1. The Balaban J connectivity index is 2.02. The van der Waals surface area contributed by atoms with E-state index in [1.807, 2.05) is 42.5 Å². The van der Waals surface area contributed by atoms with E-state index in [0.717, 1.165) is 10.6 Å². The molecule has 4 nitrogen and oxygen atoms in total. The van der Waals surface area contributed by atoms with Gasteiger partial charge in [0.1, 0.15) is 0 Å². The predicted molar refractivity (Wildman–Crippen MR) is 88.2 cm³/mol. The highest BCUT2D eigenvalue weighted by atomic mass is 32.2. The van der Waals surface area contributed by atoms with Crippen LogP contribution in [0, 0.1) is 0 Å². The molecule has 0 aromatic heterocycles. The number of nitrogens with one attached hydrogen (secondary N) is 1. The van der Waals surface area contributed by atoms with E-state index in [1.165, 1.54) is 18.9 Å². The second kappa shape index (κ2) is 8.24. The lowest BCUT2D eigenvalue weighted by Crippen LogP contribution is -2.12. The van der Waals surface area contributed by atoms with Gasteiger partial charge in [-0.1, -0.05) is 30.3 Å². The molecule has 2 aromatic rings. The molecule has 22 heavy (non-hydrogen) atoms. The van der Waals surface area contributed by atoms with E-state index < -0.39 is 0 Å². The van der Waals surface area contributed by atoms with Crippen molar-refractivity contribution in [1.29, 1.82) is 0 Å². The minimum absolute atomic E-state index is 0.151. The van der Waals surface area contributed by atoms with Gasteiger partial charge in [0.2, 0.25) is 0 Å². The van der Waals surface area contributed by atoms with Crippen LogP contribution in [-0.2, 0) is 9.53 Å². The highest BCUT2D eigenvalue weighted by molar-refractivity contribution is 7.99. The van der Waals surface area contributed by atoms with Gasteiger partial charge in [0.05, 0.1) is 19.2 Å². The third kappa shape index (κ3) is 4.63. The van der Waals surface area contributed by atoms with Crippen molar-refractivity contribution >= 4 is 29.3 Å². The molecule has 0 saturated heterocycles. The second-order valence-corrected chi connectivity index (χ2v) is 5.63. The minimum Gasteiger partial charge on any atom is -0.469 e. The van der Waals surface area contributed by atoms with Gasteiger partial charge in [0.15, 0.2) is 0 Å². The number of amides is 1. The summed E-state index contributed by atoms with van der Waals surface area (Å²) in [6.07, 6.45) is 0.335. The second-order valence-electron chi connectivity index (χ2n) is 4.49. The van der Waals surface area contributed by atoms with Crippen LogP contribution in [-0.4, -0.2) is 24.7 Å². The first kappa shape index (κ1) is 16.1. The molecule has 0 aliphatic rings. The number of rotatable bonds is 6. The molecule has 2 rings (SSSR count). The fourth-order valence-electron chi connectivity index (χ4n) is 1.83. The summed E-state index contributed by atoms with van der Waals surface area (Å²) in [7, 11) is 1.38. The normalized spacial score (nSPS) is 10.0. The van der Waals surface area contributed by atoms with Gasteiger partial charge in [-0.2, -0.15) is 0 Å². The van der Waals surface area contributed by atoms with Crippen molar-refractivity contribution in [3.63, 3.8) is 0 Å². The van der Waals surface area contributed by atoms with Crippen LogP contribution in [0.4, 0.5) is 5.69 Å². The first-order chi connectivity index (χ1) is 10.7. The van der Waals surface area contributed by atoms with Crippen LogP contribution in [0.15, 0.2) is 59.5 Å². The number of hydrogen-bond acceptors (Lipinski definition) is 4. The molecule has 2 aromatic carbocycles. The maximum Gasteiger partial charge on any atom is 0.306 e. The summed E-state index contributed by atoms with van der Waals surface area (Å²) in [5.41, 5.74) is 1.35. The Morgan fingerprint density at radius 3 is 2.45 bits per heavy atom. The maximum absolute atomic E-state index is 12.2. The lowest BCUT2D eigenvalue weighted by molar-refractivity contribution is -0.140. The van der Waals surface area contributed by atoms with Gasteiger partial charge in [-0.3, -0.25) is 9.59 Å². The summed E-state index contributed by atoms with van der Waals surface area (Å²) >= 11 is 1.51. The number of benzene rings is 2. The quantitative estimate of drug-likeness (QED) is 0.654. The Morgan fingerprint density at radius 2 is 1.73 bits per heavy atom. The molecule has 0 unspecified atom stereocenters. The van der Waals surface area contributed by atoms with Gasteiger partial charge in [-0.15, -0.1) is 11.8 Å². The summed E-state index contributed by atoms with van der Waals surface area (Å²) in [6.45, 7) is 0. The Morgan fingerprint density at radius 1 is 1.05 bits per heavy atom. The Hall–Kier alpha value is -2.27. The number of methoxy groups -OCH3 is 1. The molecule has 0 heterocycles. The molecular formula is C17H17NO3S. The molecule has 0 radical (unpaired) electrons. The lowest BCUT2D eigenvalue weighted by atomic mass is 10.2. The first-order valence-corrected chi connectivity index (χ1v) is 7.84. The summed E-state index contributed by atoms with van der Waals surface area (Å²) in [5, 5.41) is 2.90. The Labute approximate surface area is 133 Å². The van der Waals surface area contributed by atoms with Crippen molar-refractivity contribution in [2.24, 2.45) is 0 Å². The maximum atomic E-state index is 12.2. The summed E-state index contributed by atoms with van der Waals surface area (Å²) in [6, 6.07) is 16.6. The number of hydrogen-bond donors (Lipinski definition) is 1. The van der Waals surface area contributed by atoms with E-state index in [0.29, 0.717) is 17.7 Å². The minimum atomic E-state index is -0.238. The number of para-hydroxylation sites is 1. The topological polar surface area (TPSA) is 55.4 Å². The van der Waals surface area contributed by atoms with E-state index in [9.17, 15) is 9.59 Å². The van der Waals surface area contributed by atoms with Crippen molar-refractivity contribution in [3.8, 4) is 0 Å². The van der Waals surface area contributed by atoms with E-state index in [4.69, 9.17) is 0 Å². The molecular weight excluding hydrogens is 298 g/mol. The lowest BCUT2D eigenvalue weighted by Gasteiger charge is -2.10. The summed E-state index contributed by atoms with van der Waals surface area (Å²) in [4.78, 5) is 24.3. The number of carbonyl (C=O) groups is 2. The molecule has 1 N–H and O–H groups in total. The van der Waals surface area contributed by atoms with Crippen LogP contribution in [0.2, 0.25) is 0 Å². The predicted octanol–water partition coefficient (Wildman–Crippen LogP) is 3.59. The van der Waals surface area contributed by atoms with Crippen LogP contribution >= 0.6 is 11.8 Å². The van der Waals surface area contributed by atoms with Crippen LogP contribution in [0.25, 0.3) is 0 Å². The Bertz CT molecular complexity index is 643. The fourth-order valence-corrected chi connectivity index (χ4v) is 2.76.